The largest absolute Gasteiger partial charge is 2.00 e. The van der Waals surface area contributed by atoms with Crippen molar-refractivity contribution in [2.75, 3.05) is 0 Å². The van der Waals surface area contributed by atoms with Crippen molar-refractivity contribution >= 4 is 24.8 Å². The molecule has 0 bridgehead atoms. The maximum Gasteiger partial charge on any atom is 2.00 e. The van der Waals surface area contributed by atoms with Gasteiger partial charge in [0.2, 0.25) is 0 Å². The van der Waals surface area contributed by atoms with E-state index in [1.165, 1.54) is 92.0 Å². The van der Waals surface area contributed by atoms with Gasteiger partial charge in [0, 0.05) is 10.3 Å². The van der Waals surface area contributed by atoms with Gasteiger partial charge in [0.1, 0.15) is 0 Å². The van der Waals surface area contributed by atoms with Crippen molar-refractivity contribution < 1.29 is 20.4 Å². The van der Waals surface area contributed by atoms with Gasteiger partial charge in [-0.25, -0.2) is 0 Å². The minimum Gasteiger partial charge on any atom is -0.0836 e. The summed E-state index contributed by atoms with van der Waals surface area (Å²) in [6.07, 6.45) is 14.1. The van der Waals surface area contributed by atoms with Gasteiger partial charge in [-0.3, -0.25) is 0 Å². The second-order valence-electron chi connectivity index (χ2n) is 12.2. The van der Waals surface area contributed by atoms with Crippen molar-refractivity contribution in [1.29, 1.82) is 0 Å². The Morgan fingerprint density at radius 3 is 1.58 bits per heavy atom. The summed E-state index contributed by atoms with van der Waals surface area (Å²) >= 11 is 7.27. The minimum atomic E-state index is -0.273. The van der Waals surface area contributed by atoms with E-state index in [2.05, 4.69) is 71.9 Å². The van der Waals surface area contributed by atoms with Gasteiger partial charge in [-0.1, -0.05) is 124 Å². The molecule has 0 N–H and O–H groups in total. The maximum absolute atomic E-state index is 7.27. The molecule has 0 atom stereocenters. The van der Waals surface area contributed by atoms with Crippen molar-refractivity contribution in [3.8, 4) is 11.1 Å². The Hall–Kier alpha value is -0.178. The molecule has 0 aromatic heterocycles. The summed E-state index contributed by atoms with van der Waals surface area (Å²) in [6.45, 7) is 14.2. The molecule has 0 amide bonds. The van der Waals surface area contributed by atoms with E-state index in [0.29, 0.717) is 17.8 Å². The third-order valence-corrected chi connectivity index (χ3v) is 12.6. The molecule has 0 heterocycles. The van der Waals surface area contributed by atoms with Crippen LogP contribution in [0.1, 0.15) is 140 Å². The summed E-state index contributed by atoms with van der Waals surface area (Å²) in [7, 11) is -0.273. The van der Waals surface area contributed by atoms with Crippen LogP contribution in [0.4, 0.5) is 0 Å². The second kappa shape index (κ2) is 13.8. The zero-order valence-electron chi connectivity index (χ0n) is 23.5. The predicted octanol–water partition coefficient (Wildman–Crippen LogP) is 11.1. The van der Waals surface area contributed by atoms with Crippen LogP contribution in [0.25, 0.3) is 11.1 Å². The molecule has 2 aromatic carbocycles. The molecule has 3 heteroatoms. The van der Waals surface area contributed by atoms with Crippen LogP contribution in [0.3, 0.4) is 0 Å². The summed E-state index contributed by atoms with van der Waals surface area (Å²) < 4.78 is 0. The Kier molecular flexibility index (Phi) is 11.6. The Morgan fingerprint density at radius 2 is 1.17 bits per heavy atom. The van der Waals surface area contributed by atoms with Crippen molar-refractivity contribution in [3.05, 3.63) is 52.0 Å². The third-order valence-electron chi connectivity index (χ3n) is 8.58. The maximum atomic E-state index is 7.27. The summed E-state index contributed by atoms with van der Waals surface area (Å²) in [5.41, 5.74) is 9.20. The number of rotatable bonds is 7. The molecule has 0 unspecified atom stereocenters. The number of halogens is 1. The number of benzene rings is 2. The van der Waals surface area contributed by atoms with E-state index in [-0.39, 0.29) is 28.3 Å². The van der Waals surface area contributed by atoms with Crippen LogP contribution in [0.5, 0.6) is 0 Å². The van der Waals surface area contributed by atoms with Gasteiger partial charge in [0.05, 0.1) is 0 Å². The summed E-state index contributed by atoms with van der Waals surface area (Å²) in [5.74, 6) is 1.52. The zero-order chi connectivity index (χ0) is 25.1. The molecule has 2 fully saturated rings. The number of hydrogen-bond acceptors (Lipinski definition) is 0. The van der Waals surface area contributed by atoms with E-state index in [4.69, 9.17) is 11.6 Å². The molecule has 2 saturated carbocycles. The molecule has 0 spiro atoms. The van der Waals surface area contributed by atoms with Gasteiger partial charge >= 0.3 is 20.4 Å². The van der Waals surface area contributed by atoms with Crippen LogP contribution in [-0.2, 0) is 20.4 Å². The quantitative estimate of drug-likeness (QED) is 0.214. The fraction of sp³-hybridized carbons (Fsp3) is 0.636. The standard InChI is InChI=1S/C33H48ClP.Pd/c1-22(2)25-20-29(23(3)4)32(30(21-25)24(5)6)28-18-13-19-31(34)33(28)35(26-14-9-7-10-15-26)27-16-11-8-12-17-27;/h13,18-24,26-27H,7-12,14-17H2,1-6H3;/q;+2. The van der Waals surface area contributed by atoms with E-state index >= 15 is 0 Å². The van der Waals surface area contributed by atoms with Crippen LogP contribution in [0.2, 0.25) is 5.02 Å². The first-order chi connectivity index (χ1) is 16.8. The van der Waals surface area contributed by atoms with E-state index in [1.807, 2.05) is 0 Å². The average molecular weight is 618 g/mol. The first-order valence-electron chi connectivity index (χ1n) is 14.5. The van der Waals surface area contributed by atoms with E-state index in [9.17, 15) is 0 Å². The predicted molar refractivity (Wildman–Crippen MR) is 159 cm³/mol. The summed E-state index contributed by atoms with van der Waals surface area (Å²) in [4.78, 5) is 0. The van der Waals surface area contributed by atoms with Crippen LogP contribution >= 0.6 is 19.5 Å². The molecule has 0 nitrogen and oxygen atoms in total. The Labute approximate surface area is 242 Å². The summed E-state index contributed by atoms with van der Waals surface area (Å²) in [5, 5.41) is 2.60. The van der Waals surface area contributed by atoms with E-state index in [1.54, 1.807) is 5.30 Å². The normalized spacial score (nSPS) is 17.9. The van der Waals surface area contributed by atoms with Gasteiger partial charge in [-0.2, -0.15) is 0 Å². The van der Waals surface area contributed by atoms with Crippen LogP contribution in [0, 0.1) is 0 Å². The van der Waals surface area contributed by atoms with Crippen molar-refractivity contribution in [3.63, 3.8) is 0 Å². The molecule has 36 heavy (non-hydrogen) atoms. The molecule has 2 aromatic rings. The molecule has 0 aliphatic heterocycles. The molecule has 4 rings (SSSR count). The van der Waals surface area contributed by atoms with E-state index < -0.39 is 0 Å². The fourth-order valence-electron chi connectivity index (χ4n) is 6.63. The monoisotopic (exact) mass is 616 g/mol. The summed E-state index contributed by atoms with van der Waals surface area (Å²) in [6, 6.07) is 11.9. The molecule has 0 radical (unpaired) electrons. The van der Waals surface area contributed by atoms with Crippen molar-refractivity contribution in [1.82, 2.24) is 0 Å². The van der Waals surface area contributed by atoms with Crippen molar-refractivity contribution in [2.45, 2.75) is 135 Å². The fourth-order valence-corrected chi connectivity index (χ4v) is 11.1. The van der Waals surface area contributed by atoms with Gasteiger partial charge < -0.3 is 0 Å². The van der Waals surface area contributed by atoms with Crippen LogP contribution in [-0.4, -0.2) is 11.3 Å². The first-order valence-corrected chi connectivity index (χ1v) is 16.4. The number of hydrogen-bond donors (Lipinski definition) is 0. The minimum absolute atomic E-state index is 0. The Balaban J connectivity index is 0.00000361. The van der Waals surface area contributed by atoms with Crippen LogP contribution in [0.15, 0.2) is 30.3 Å². The molecule has 2 aliphatic rings. The SMILES string of the molecule is CC(C)c1cc(C(C)C)c(-c2cccc(Cl)c2P(C2CCCCC2)C2CCCCC2)c(C(C)C)c1.[Pd+2]. The van der Waals surface area contributed by atoms with Gasteiger partial charge in [0.25, 0.3) is 0 Å². The molecule has 0 saturated heterocycles. The Morgan fingerprint density at radius 1 is 0.694 bits per heavy atom. The molecular weight excluding hydrogens is 569 g/mol. The molecular formula is C33H48ClPPd+2. The molecule has 2 aliphatic carbocycles. The first kappa shape index (κ1) is 30.4. The second-order valence-corrected chi connectivity index (χ2v) is 15.3. The van der Waals surface area contributed by atoms with Gasteiger partial charge in [-0.05, 0) is 88.6 Å². The zero-order valence-corrected chi connectivity index (χ0v) is 26.7. The van der Waals surface area contributed by atoms with Crippen molar-refractivity contribution in [2.24, 2.45) is 0 Å². The molecule has 200 valence electrons. The Bertz CT molecular complexity index is 936. The van der Waals surface area contributed by atoms with Crippen LogP contribution < -0.4 is 5.30 Å². The average Bonchev–Trinajstić information content (AvgIpc) is 2.85. The van der Waals surface area contributed by atoms with Gasteiger partial charge in [-0.15, -0.1) is 0 Å². The smallest absolute Gasteiger partial charge is 0.0836 e. The topological polar surface area (TPSA) is 0 Å². The van der Waals surface area contributed by atoms with Gasteiger partial charge in [0.15, 0.2) is 0 Å². The van der Waals surface area contributed by atoms with E-state index in [0.717, 1.165) is 16.3 Å². The third kappa shape index (κ3) is 6.69.